The Morgan fingerprint density at radius 2 is 0.615 bits per heavy atom. The summed E-state index contributed by atoms with van der Waals surface area (Å²) in [6, 6.07) is 0. The molecule has 0 bridgehead atoms. The van der Waals surface area contributed by atoms with Gasteiger partial charge in [-0.25, -0.2) is 0 Å². The van der Waals surface area contributed by atoms with Crippen LogP contribution in [0.15, 0.2) is 0 Å². The van der Waals surface area contributed by atoms with Crippen LogP contribution in [0, 0.1) is 0 Å². The molecular formula is C24H51NaS. The van der Waals surface area contributed by atoms with Crippen molar-refractivity contribution in [1.82, 2.24) is 0 Å². The van der Waals surface area contributed by atoms with Crippen molar-refractivity contribution >= 4 is 11.8 Å². The molecule has 0 spiro atoms. The molecule has 0 N–H and O–H groups in total. The summed E-state index contributed by atoms with van der Waals surface area (Å²) in [6.45, 7) is 4.60. The average Bonchev–Trinajstić information content (AvgIpc) is 2.63. The molecule has 0 amide bonds. The van der Waals surface area contributed by atoms with Crippen molar-refractivity contribution in [1.29, 1.82) is 0 Å². The standard InChI is InChI=1S/C24H50S.Na.H/c1-3-5-7-9-11-13-15-17-19-21-23-25-24-22-20-18-16-14-12-10-8-6-4-2;;/h3-24H2,1-2H3;;/q;+1;-1. The Hall–Kier alpha value is 1.35. The van der Waals surface area contributed by atoms with E-state index in [4.69, 9.17) is 0 Å². The van der Waals surface area contributed by atoms with E-state index in [1.807, 2.05) is 0 Å². The van der Waals surface area contributed by atoms with Crippen molar-refractivity contribution in [3.63, 3.8) is 0 Å². The molecule has 0 aromatic heterocycles. The van der Waals surface area contributed by atoms with Gasteiger partial charge in [0.15, 0.2) is 0 Å². The summed E-state index contributed by atoms with van der Waals surface area (Å²) < 4.78 is 0. The molecule has 0 aliphatic heterocycles. The molecule has 0 radical (unpaired) electrons. The Morgan fingerprint density at radius 1 is 0.385 bits per heavy atom. The predicted molar refractivity (Wildman–Crippen MR) is 122 cm³/mol. The van der Waals surface area contributed by atoms with Crippen LogP contribution in [0.3, 0.4) is 0 Å². The van der Waals surface area contributed by atoms with Gasteiger partial charge in [-0.15, -0.1) is 0 Å². The molecule has 0 saturated heterocycles. The summed E-state index contributed by atoms with van der Waals surface area (Å²) in [5, 5.41) is 0. The molecule has 0 heterocycles. The van der Waals surface area contributed by atoms with Crippen LogP contribution in [0.5, 0.6) is 0 Å². The second kappa shape index (κ2) is 28.6. The Balaban J connectivity index is -0.00000288. The second-order valence-electron chi connectivity index (χ2n) is 7.98. The Bertz CT molecular complexity index is 204. The average molecular weight is 395 g/mol. The minimum absolute atomic E-state index is 0. The van der Waals surface area contributed by atoms with Gasteiger partial charge in [0.1, 0.15) is 0 Å². The molecule has 0 aliphatic carbocycles. The summed E-state index contributed by atoms with van der Waals surface area (Å²) in [4.78, 5) is 0. The fraction of sp³-hybridized carbons (Fsp3) is 1.00. The van der Waals surface area contributed by atoms with E-state index < -0.39 is 0 Å². The van der Waals surface area contributed by atoms with Gasteiger partial charge in [0.25, 0.3) is 0 Å². The maximum Gasteiger partial charge on any atom is 1.00 e. The van der Waals surface area contributed by atoms with Gasteiger partial charge in [0.2, 0.25) is 0 Å². The van der Waals surface area contributed by atoms with E-state index in [9.17, 15) is 0 Å². The first-order chi connectivity index (χ1) is 12.4. The molecule has 0 rings (SSSR count). The van der Waals surface area contributed by atoms with Crippen LogP contribution < -0.4 is 29.6 Å². The van der Waals surface area contributed by atoms with Crippen molar-refractivity contribution < 1.29 is 31.0 Å². The number of thioether (sulfide) groups is 1. The SMILES string of the molecule is CCCCCCCCCCCCSCCCCCCCCCCCC.[H-].[Na+]. The van der Waals surface area contributed by atoms with Crippen LogP contribution in [0.4, 0.5) is 0 Å². The maximum atomic E-state index is 2.30. The van der Waals surface area contributed by atoms with Gasteiger partial charge >= 0.3 is 29.6 Å². The largest absolute Gasteiger partial charge is 1.00 e. The van der Waals surface area contributed by atoms with Crippen molar-refractivity contribution in [2.24, 2.45) is 0 Å². The van der Waals surface area contributed by atoms with Gasteiger partial charge in [-0.05, 0) is 24.3 Å². The van der Waals surface area contributed by atoms with E-state index in [2.05, 4.69) is 25.6 Å². The number of hydrogen-bond donors (Lipinski definition) is 0. The molecule has 0 atom stereocenters. The molecule has 2 heteroatoms. The molecular weight excluding hydrogens is 343 g/mol. The normalized spacial score (nSPS) is 10.8. The third-order valence-corrected chi connectivity index (χ3v) is 6.44. The molecule has 0 aromatic carbocycles. The van der Waals surface area contributed by atoms with Gasteiger partial charge in [-0.3, -0.25) is 0 Å². The molecule has 154 valence electrons. The van der Waals surface area contributed by atoms with E-state index in [1.54, 1.807) is 0 Å². The van der Waals surface area contributed by atoms with E-state index in [0.717, 1.165) is 0 Å². The predicted octanol–water partition coefficient (Wildman–Crippen LogP) is 6.68. The minimum atomic E-state index is 0. The first-order valence-electron chi connectivity index (χ1n) is 12.0. The first-order valence-corrected chi connectivity index (χ1v) is 13.1. The van der Waals surface area contributed by atoms with Crippen LogP contribution in [0.2, 0.25) is 0 Å². The van der Waals surface area contributed by atoms with E-state index >= 15 is 0 Å². The van der Waals surface area contributed by atoms with Crippen LogP contribution in [-0.2, 0) is 0 Å². The van der Waals surface area contributed by atoms with Crippen LogP contribution in [0.25, 0.3) is 0 Å². The van der Waals surface area contributed by atoms with Crippen molar-refractivity contribution in [3.8, 4) is 0 Å². The third kappa shape index (κ3) is 27.6. The summed E-state index contributed by atoms with van der Waals surface area (Å²) >= 11 is 2.21. The number of hydrogen-bond acceptors (Lipinski definition) is 1. The number of rotatable bonds is 22. The summed E-state index contributed by atoms with van der Waals surface area (Å²) in [7, 11) is 0. The van der Waals surface area contributed by atoms with Crippen LogP contribution >= 0.6 is 11.8 Å². The van der Waals surface area contributed by atoms with Crippen LogP contribution in [0.1, 0.15) is 144 Å². The van der Waals surface area contributed by atoms with Gasteiger partial charge in [-0.2, -0.15) is 11.8 Å². The smallest absolute Gasteiger partial charge is 1.00 e. The monoisotopic (exact) mass is 394 g/mol. The summed E-state index contributed by atoms with van der Waals surface area (Å²) in [6.07, 6.45) is 29.2. The Kier molecular flexibility index (Phi) is 32.5. The van der Waals surface area contributed by atoms with Gasteiger partial charge in [-0.1, -0.05) is 129 Å². The zero-order valence-corrected chi connectivity index (χ0v) is 21.8. The molecule has 0 aliphatic rings. The van der Waals surface area contributed by atoms with Gasteiger partial charge in [0, 0.05) is 0 Å². The Labute approximate surface area is 195 Å². The van der Waals surface area contributed by atoms with Gasteiger partial charge in [0.05, 0.1) is 0 Å². The minimum Gasteiger partial charge on any atom is -1.00 e. The Morgan fingerprint density at radius 3 is 0.885 bits per heavy atom. The quantitative estimate of drug-likeness (QED) is 0.146. The van der Waals surface area contributed by atoms with Crippen molar-refractivity contribution in [3.05, 3.63) is 0 Å². The topological polar surface area (TPSA) is 0 Å². The van der Waals surface area contributed by atoms with E-state index in [1.165, 1.54) is 140 Å². The third-order valence-electron chi connectivity index (χ3n) is 5.28. The fourth-order valence-electron chi connectivity index (χ4n) is 3.49. The molecule has 0 nitrogen and oxygen atoms in total. The molecule has 26 heavy (non-hydrogen) atoms. The zero-order valence-electron chi connectivity index (χ0n) is 20.0. The van der Waals surface area contributed by atoms with E-state index in [0.29, 0.717) is 0 Å². The van der Waals surface area contributed by atoms with Crippen molar-refractivity contribution in [2.75, 3.05) is 11.5 Å². The number of unbranched alkanes of at least 4 members (excludes halogenated alkanes) is 18. The van der Waals surface area contributed by atoms with Crippen molar-refractivity contribution in [2.45, 2.75) is 142 Å². The van der Waals surface area contributed by atoms with E-state index in [-0.39, 0.29) is 31.0 Å². The zero-order chi connectivity index (χ0) is 18.3. The fourth-order valence-corrected chi connectivity index (χ4v) is 4.51. The molecule has 0 unspecified atom stereocenters. The maximum absolute atomic E-state index is 2.30. The van der Waals surface area contributed by atoms with Crippen LogP contribution in [-0.4, -0.2) is 11.5 Å². The molecule has 0 fully saturated rings. The van der Waals surface area contributed by atoms with Gasteiger partial charge < -0.3 is 1.43 Å². The molecule has 0 aromatic rings. The first kappa shape index (κ1) is 29.6. The second-order valence-corrected chi connectivity index (χ2v) is 9.20. The summed E-state index contributed by atoms with van der Waals surface area (Å²) in [5.41, 5.74) is 0. The molecule has 0 saturated carbocycles. The summed E-state index contributed by atoms with van der Waals surface area (Å²) in [5.74, 6) is 2.82.